The van der Waals surface area contributed by atoms with Gasteiger partial charge < -0.3 is 14.2 Å². The zero-order chi connectivity index (χ0) is 20.1. The van der Waals surface area contributed by atoms with E-state index in [0.717, 1.165) is 4.90 Å². The number of carbonyl (C=O) groups excluding carboxylic acids is 3. The number of methoxy groups -OCH3 is 1. The van der Waals surface area contributed by atoms with E-state index in [1.54, 1.807) is 38.1 Å². The van der Waals surface area contributed by atoms with Gasteiger partial charge >= 0.3 is 5.97 Å². The molecular formula is C20H18N2O6. The number of hydrogen-bond donors (Lipinski definition) is 0. The second-order valence-corrected chi connectivity index (χ2v) is 6.96. The molecule has 8 heteroatoms. The van der Waals surface area contributed by atoms with Crippen LogP contribution in [-0.4, -0.2) is 40.6 Å². The molecule has 144 valence electrons. The van der Waals surface area contributed by atoms with Crippen LogP contribution >= 0.6 is 0 Å². The van der Waals surface area contributed by atoms with Crippen LogP contribution in [0.1, 0.15) is 56.2 Å². The van der Waals surface area contributed by atoms with Crippen molar-refractivity contribution >= 4 is 17.8 Å². The molecule has 0 aliphatic carbocycles. The lowest BCUT2D eigenvalue weighted by Gasteiger charge is -2.34. The number of rotatable bonds is 3. The van der Waals surface area contributed by atoms with Crippen molar-refractivity contribution in [3.63, 3.8) is 0 Å². The number of aromatic nitrogens is 1. The van der Waals surface area contributed by atoms with Crippen molar-refractivity contribution in [2.24, 2.45) is 0 Å². The third-order valence-corrected chi connectivity index (χ3v) is 4.72. The third kappa shape index (κ3) is 2.82. The monoisotopic (exact) mass is 382 g/mol. The van der Waals surface area contributed by atoms with Gasteiger partial charge in [0.15, 0.2) is 11.4 Å². The summed E-state index contributed by atoms with van der Waals surface area (Å²) in [5.41, 5.74) is 1.89. The second kappa shape index (κ2) is 6.42. The van der Waals surface area contributed by atoms with Crippen molar-refractivity contribution in [2.75, 3.05) is 7.11 Å². The fourth-order valence-corrected chi connectivity index (χ4v) is 3.29. The van der Waals surface area contributed by atoms with Crippen LogP contribution in [0, 0.1) is 0 Å². The van der Waals surface area contributed by atoms with Crippen molar-refractivity contribution in [3.05, 3.63) is 58.4 Å². The average molecular weight is 382 g/mol. The normalized spacial score (nSPS) is 17.0. The van der Waals surface area contributed by atoms with Crippen LogP contribution in [0.4, 0.5) is 0 Å². The molecule has 2 amide bonds. The first-order chi connectivity index (χ1) is 13.3. The Morgan fingerprint density at radius 1 is 1.21 bits per heavy atom. The number of ether oxygens (including phenoxy) is 3. The van der Waals surface area contributed by atoms with Crippen molar-refractivity contribution < 1.29 is 28.6 Å². The molecule has 1 aromatic carbocycles. The minimum Gasteiger partial charge on any atom is -0.464 e. The van der Waals surface area contributed by atoms with Gasteiger partial charge in [-0.15, -0.1) is 0 Å². The summed E-state index contributed by atoms with van der Waals surface area (Å²) >= 11 is 0. The average Bonchev–Trinajstić information content (AvgIpc) is 2.92. The maximum absolute atomic E-state index is 12.7. The molecule has 0 bridgehead atoms. The fourth-order valence-electron chi connectivity index (χ4n) is 3.29. The quantitative estimate of drug-likeness (QED) is 0.594. The van der Waals surface area contributed by atoms with E-state index in [0.29, 0.717) is 22.3 Å². The highest BCUT2D eigenvalue weighted by Gasteiger charge is 2.38. The number of amides is 2. The fraction of sp³-hybridized carbons (Fsp3) is 0.300. The largest absolute Gasteiger partial charge is 0.464 e. The van der Waals surface area contributed by atoms with E-state index in [-0.39, 0.29) is 36.4 Å². The lowest BCUT2D eigenvalue weighted by molar-refractivity contribution is -0.180. The molecule has 0 saturated heterocycles. The number of carbonyl (C=O) groups is 3. The topological polar surface area (TPSA) is 95.0 Å². The Morgan fingerprint density at radius 3 is 2.46 bits per heavy atom. The zero-order valence-electron chi connectivity index (χ0n) is 15.6. The number of nitrogens with zero attached hydrogens (tertiary/aromatic N) is 2. The van der Waals surface area contributed by atoms with E-state index >= 15 is 0 Å². The van der Waals surface area contributed by atoms with E-state index < -0.39 is 11.8 Å². The molecule has 28 heavy (non-hydrogen) atoms. The Labute approximate surface area is 161 Å². The molecule has 4 rings (SSSR count). The van der Waals surface area contributed by atoms with Gasteiger partial charge in [0.2, 0.25) is 5.79 Å². The standard InChI is InChI=1S/C20H18N2O6/c1-20(2)27-10-14-11(8-21-15(16(14)28-20)19(25)26-3)9-22-17(23)12-6-4-5-7-13(12)18(22)24/h4-8H,9-10H2,1-3H3. The highest BCUT2D eigenvalue weighted by atomic mass is 16.7. The summed E-state index contributed by atoms with van der Waals surface area (Å²) in [5.74, 6) is -2.09. The van der Waals surface area contributed by atoms with Crippen LogP contribution in [-0.2, 0) is 22.6 Å². The number of fused-ring (bicyclic) bond motifs is 2. The number of esters is 1. The Morgan fingerprint density at radius 2 is 1.86 bits per heavy atom. The molecule has 0 saturated carbocycles. The van der Waals surface area contributed by atoms with Gasteiger partial charge in [-0.25, -0.2) is 9.78 Å². The van der Waals surface area contributed by atoms with Crippen LogP contribution in [0.15, 0.2) is 30.5 Å². The predicted molar refractivity (Wildman–Crippen MR) is 95.7 cm³/mol. The first kappa shape index (κ1) is 18.1. The van der Waals surface area contributed by atoms with E-state index in [9.17, 15) is 14.4 Å². The highest BCUT2D eigenvalue weighted by molar-refractivity contribution is 6.21. The first-order valence-corrected chi connectivity index (χ1v) is 8.69. The SMILES string of the molecule is COC(=O)c1ncc(CN2C(=O)c3ccccc3C2=O)c2c1OC(C)(C)OC2. The Hall–Kier alpha value is -3.26. The molecule has 2 aromatic rings. The molecular weight excluding hydrogens is 364 g/mol. The molecule has 2 aliphatic rings. The molecule has 0 unspecified atom stereocenters. The van der Waals surface area contributed by atoms with E-state index in [2.05, 4.69) is 4.98 Å². The van der Waals surface area contributed by atoms with Gasteiger partial charge in [0, 0.05) is 25.6 Å². The van der Waals surface area contributed by atoms with Gasteiger partial charge in [-0.3, -0.25) is 14.5 Å². The molecule has 1 aromatic heterocycles. The summed E-state index contributed by atoms with van der Waals surface area (Å²) in [6, 6.07) is 6.68. The molecule has 0 spiro atoms. The summed E-state index contributed by atoms with van der Waals surface area (Å²) in [5, 5.41) is 0. The van der Waals surface area contributed by atoms with Crippen LogP contribution in [0.5, 0.6) is 5.75 Å². The minimum atomic E-state index is -0.953. The summed E-state index contributed by atoms with van der Waals surface area (Å²) in [7, 11) is 1.26. The van der Waals surface area contributed by atoms with E-state index in [4.69, 9.17) is 14.2 Å². The molecule has 0 atom stereocenters. The summed E-state index contributed by atoms with van der Waals surface area (Å²) in [6.45, 7) is 3.57. The summed E-state index contributed by atoms with van der Waals surface area (Å²) in [6.07, 6.45) is 1.44. The minimum absolute atomic E-state index is 0.00369. The molecule has 0 fully saturated rings. The summed E-state index contributed by atoms with van der Waals surface area (Å²) in [4.78, 5) is 42.7. The smallest absolute Gasteiger partial charge is 0.360 e. The van der Waals surface area contributed by atoms with Crippen LogP contribution in [0.25, 0.3) is 0 Å². The lowest BCUT2D eigenvalue weighted by atomic mass is 10.1. The number of benzene rings is 1. The lowest BCUT2D eigenvalue weighted by Crippen LogP contribution is -2.37. The van der Waals surface area contributed by atoms with Crippen molar-refractivity contribution in [3.8, 4) is 5.75 Å². The van der Waals surface area contributed by atoms with Gasteiger partial charge in [0.25, 0.3) is 11.8 Å². The maximum atomic E-state index is 12.7. The number of imide groups is 1. The molecule has 8 nitrogen and oxygen atoms in total. The molecule has 3 heterocycles. The molecule has 0 N–H and O–H groups in total. The zero-order valence-corrected chi connectivity index (χ0v) is 15.6. The Balaban J connectivity index is 1.73. The summed E-state index contributed by atoms with van der Waals surface area (Å²) < 4.78 is 16.3. The van der Waals surface area contributed by atoms with Crippen molar-refractivity contribution in [1.82, 2.24) is 9.88 Å². The van der Waals surface area contributed by atoms with Crippen LogP contribution in [0.2, 0.25) is 0 Å². The molecule has 2 aliphatic heterocycles. The number of hydrogen-bond acceptors (Lipinski definition) is 7. The van der Waals surface area contributed by atoms with Gasteiger partial charge in [0.1, 0.15) is 0 Å². The predicted octanol–water partition coefficient (Wildman–Crippen LogP) is 2.31. The van der Waals surface area contributed by atoms with Crippen molar-refractivity contribution in [1.29, 1.82) is 0 Å². The van der Waals surface area contributed by atoms with E-state index in [1.807, 2.05) is 0 Å². The van der Waals surface area contributed by atoms with Crippen molar-refractivity contribution in [2.45, 2.75) is 32.8 Å². The number of pyridine rings is 1. The van der Waals surface area contributed by atoms with Crippen LogP contribution in [0.3, 0.4) is 0 Å². The van der Waals surface area contributed by atoms with Gasteiger partial charge in [-0.1, -0.05) is 12.1 Å². The van der Waals surface area contributed by atoms with Crippen LogP contribution < -0.4 is 4.74 Å². The van der Waals surface area contributed by atoms with Gasteiger partial charge in [-0.2, -0.15) is 0 Å². The Bertz CT molecular complexity index is 979. The van der Waals surface area contributed by atoms with E-state index in [1.165, 1.54) is 13.3 Å². The Kier molecular flexibility index (Phi) is 4.15. The first-order valence-electron chi connectivity index (χ1n) is 8.69. The van der Waals surface area contributed by atoms with Gasteiger partial charge in [0.05, 0.1) is 31.4 Å². The maximum Gasteiger partial charge on any atom is 0.360 e. The second-order valence-electron chi connectivity index (χ2n) is 6.96. The molecule has 0 radical (unpaired) electrons. The van der Waals surface area contributed by atoms with Gasteiger partial charge in [-0.05, 0) is 17.7 Å². The third-order valence-electron chi connectivity index (χ3n) is 4.72. The highest BCUT2D eigenvalue weighted by Crippen LogP contribution is 2.37.